The molecule has 1 aliphatic heterocycles. The number of hydrogen-bond acceptors (Lipinski definition) is 6. The number of carbonyl (C=O) groups excluding carboxylic acids is 2. The van der Waals surface area contributed by atoms with Gasteiger partial charge in [0, 0.05) is 38.0 Å². The summed E-state index contributed by atoms with van der Waals surface area (Å²) in [6.07, 6.45) is 5.39. The quantitative estimate of drug-likeness (QED) is 0.549. The summed E-state index contributed by atoms with van der Waals surface area (Å²) in [6.45, 7) is 1.67. The van der Waals surface area contributed by atoms with Crippen LogP contribution in [0.4, 0.5) is 15.8 Å². The summed E-state index contributed by atoms with van der Waals surface area (Å²) in [6, 6.07) is 10.5. The van der Waals surface area contributed by atoms with Crippen molar-refractivity contribution < 1.29 is 14.0 Å². The Balaban J connectivity index is 1.63. The van der Waals surface area contributed by atoms with E-state index in [2.05, 4.69) is 27.5 Å². The zero-order valence-corrected chi connectivity index (χ0v) is 20.5. The summed E-state index contributed by atoms with van der Waals surface area (Å²) in [7, 11) is 1.75. The first-order chi connectivity index (χ1) is 17.8. The third kappa shape index (κ3) is 4.31. The normalized spacial score (nSPS) is 18.9. The van der Waals surface area contributed by atoms with E-state index in [-0.39, 0.29) is 35.2 Å². The molecule has 186 valence electrons. The van der Waals surface area contributed by atoms with Crippen molar-refractivity contribution in [2.45, 2.75) is 32.6 Å². The van der Waals surface area contributed by atoms with Crippen molar-refractivity contribution in [1.29, 1.82) is 10.5 Å². The standard InChI is InChI=1S/C27H24FN7O2/c1-16(36)32-23-10-17(18-13-31-34(2)14-18)9-22(28)25(23)24-12-21(11-20(33-24)5-7-29)35-8-6-27(15-30,26(35)37)19-3-4-19/h9-14,19H,3-6,8H2,1-2H3,(H,32,36)/t27-/m1/s1. The van der Waals surface area contributed by atoms with Gasteiger partial charge in [-0.1, -0.05) is 0 Å². The molecule has 1 N–H and O–H groups in total. The van der Waals surface area contributed by atoms with Gasteiger partial charge < -0.3 is 10.2 Å². The second kappa shape index (κ2) is 9.14. The smallest absolute Gasteiger partial charge is 0.247 e. The first kappa shape index (κ1) is 24.1. The SMILES string of the molecule is CC(=O)Nc1cc(-c2cnn(C)c2)cc(F)c1-c1cc(N2CC[C@@](C#N)(C3CC3)C2=O)cc(CC#N)n1. The van der Waals surface area contributed by atoms with Gasteiger partial charge in [-0.2, -0.15) is 15.6 Å². The molecule has 2 aromatic heterocycles. The number of nitriles is 2. The highest BCUT2D eigenvalue weighted by Gasteiger charge is 2.56. The third-order valence-electron chi connectivity index (χ3n) is 6.96. The zero-order valence-electron chi connectivity index (χ0n) is 20.5. The second-order valence-corrected chi connectivity index (χ2v) is 9.57. The molecule has 1 saturated heterocycles. The summed E-state index contributed by atoms with van der Waals surface area (Å²) in [5.74, 6) is -1.24. The maximum absolute atomic E-state index is 15.7. The lowest BCUT2D eigenvalue weighted by Crippen LogP contribution is -2.35. The number of nitrogens with one attached hydrogen (secondary N) is 1. The maximum Gasteiger partial charge on any atom is 0.247 e. The van der Waals surface area contributed by atoms with Crippen LogP contribution in [-0.4, -0.2) is 33.1 Å². The molecule has 3 heterocycles. The van der Waals surface area contributed by atoms with Crippen molar-refractivity contribution in [3.8, 4) is 34.5 Å². The van der Waals surface area contributed by atoms with E-state index in [0.29, 0.717) is 35.5 Å². The molecular formula is C27H24FN7O2. The van der Waals surface area contributed by atoms with Gasteiger partial charge >= 0.3 is 0 Å². The molecule has 1 aliphatic carbocycles. The van der Waals surface area contributed by atoms with Crippen LogP contribution in [0.15, 0.2) is 36.7 Å². The Labute approximate surface area is 213 Å². The predicted molar refractivity (Wildman–Crippen MR) is 133 cm³/mol. The average molecular weight is 498 g/mol. The lowest BCUT2D eigenvalue weighted by atomic mass is 9.83. The van der Waals surface area contributed by atoms with Crippen LogP contribution < -0.4 is 10.2 Å². The lowest BCUT2D eigenvalue weighted by Gasteiger charge is -2.22. The van der Waals surface area contributed by atoms with E-state index < -0.39 is 17.1 Å². The highest BCUT2D eigenvalue weighted by molar-refractivity contribution is 6.03. The van der Waals surface area contributed by atoms with Gasteiger partial charge in [-0.3, -0.25) is 19.3 Å². The van der Waals surface area contributed by atoms with Crippen molar-refractivity contribution in [3.63, 3.8) is 0 Å². The monoisotopic (exact) mass is 497 g/mol. The number of amides is 2. The Morgan fingerprint density at radius 3 is 2.65 bits per heavy atom. The highest BCUT2D eigenvalue weighted by atomic mass is 19.1. The van der Waals surface area contributed by atoms with Crippen LogP contribution in [0.2, 0.25) is 0 Å². The van der Waals surface area contributed by atoms with E-state index >= 15 is 4.39 Å². The average Bonchev–Trinajstić information content (AvgIpc) is 3.52. The van der Waals surface area contributed by atoms with E-state index in [1.807, 2.05) is 0 Å². The van der Waals surface area contributed by atoms with Crippen molar-refractivity contribution >= 4 is 23.2 Å². The number of rotatable bonds is 6. The van der Waals surface area contributed by atoms with Crippen LogP contribution in [-0.2, 0) is 23.1 Å². The Morgan fingerprint density at radius 1 is 1.24 bits per heavy atom. The van der Waals surface area contributed by atoms with Gasteiger partial charge in [0.05, 0.1) is 47.4 Å². The number of halogens is 1. The maximum atomic E-state index is 15.7. The first-order valence-corrected chi connectivity index (χ1v) is 12.0. The molecule has 2 amide bonds. The molecule has 10 heteroatoms. The minimum absolute atomic E-state index is 0.0456. The Bertz CT molecular complexity index is 1510. The summed E-state index contributed by atoms with van der Waals surface area (Å²) >= 11 is 0. The molecule has 1 saturated carbocycles. The molecule has 0 unspecified atom stereocenters. The number of aryl methyl sites for hydroxylation is 1. The minimum atomic E-state index is -1.04. The number of hydrogen-bond donors (Lipinski definition) is 1. The first-order valence-electron chi connectivity index (χ1n) is 12.0. The molecule has 3 aromatic rings. The van der Waals surface area contributed by atoms with Crippen molar-refractivity contribution in [2.24, 2.45) is 18.4 Å². The molecule has 9 nitrogen and oxygen atoms in total. The fourth-order valence-electron chi connectivity index (χ4n) is 5.05. The molecule has 5 rings (SSSR count). The summed E-state index contributed by atoms with van der Waals surface area (Å²) in [4.78, 5) is 31.5. The molecule has 0 radical (unpaired) electrons. The third-order valence-corrected chi connectivity index (χ3v) is 6.96. The van der Waals surface area contributed by atoms with E-state index in [1.165, 1.54) is 17.9 Å². The van der Waals surface area contributed by atoms with Crippen LogP contribution in [0.5, 0.6) is 0 Å². The molecule has 37 heavy (non-hydrogen) atoms. The summed E-state index contributed by atoms with van der Waals surface area (Å²) in [5, 5.41) is 26.0. The van der Waals surface area contributed by atoms with Gasteiger partial charge in [0.1, 0.15) is 11.2 Å². The topological polar surface area (TPSA) is 128 Å². The van der Waals surface area contributed by atoms with Crippen LogP contribution in [0.1, 0.15) is 31.9 Å². The van der Waals surface area contributed by atoms with Crippen LogP contribution in [0, 0.1) is 39.8 Å². The lowest BCUT2D eigenvalue weighted by molar-refractivity contribution is -0.123. The van der Waals surface area contributed by atoms with Crippen LogP contribution in [0.25, 0.3) is 22.4 Å². The fourth-order valence-corrected chi connectivity index (χ4v) is 5.05. The van der Waals surface area contributed by atoms with Gasteiger partial charge in [0.2, 0.25) is 11.8 Å². The van der Waals surface area contributed by atoms with E-state index in [4.69, 9.17) is 0 Å². The van der Waals surface area contributed by atoms with E-state index in [9.17, 15) is 20.1 Å². The molecule has 1 atom stereocenters. The number of carbonyl (C=O) groups is 2. The zero-order chi connectivity index (χ0) is 26.3. The van der Waals surface area contributed by atoms with Crippen LogP contribution in [0.3, 0.4) is 0 Å². The van der Waals surface area contributed by atoms with Gasteiger partial charge in [-0.05, 0) is 55.0 Å². The fraction of sp³-hybridized carbons (Fsp3) is 0.333. The predicted octanol–water partition coefficient (Wildman–Crippen LogP) is 3.97. The van der Waals surface area contributed by atoms with Crippen LogP contribution >= 0.6 is 0 Å². The molecule has 0 bridgehead atoms. The Kier molecular flexibility index (Phi) is 5.96. The minimum Gasteiger partial charge on any atom is -0.326 e. The van der Waals surface area contributed by atoms with Crippen molar-refractivity contribution in [3.05, 3.63) is 48.2 Å². The molecule has 1 aromatic carbocycles. The van der Waals surface area contributed by atoms with E-state index in [1.54, 1.807) is 42.3 Å². The highest BCUT2D eigenvalue weighted by Crippen LogP contribution is 2.52. The van der Waals surface area contributed by atoms with Gasteiger partial charge in [-0.15, -0.1) is 0 Å². The van der Waals surface area contributed by atoms with E-state index in [0.717, 1.165) is 12.8 Å². The molecule has 2 fully saturated rings. The second-order valence-electron chi connectivity index (χ2n) is 9.57. The van der Waals surface area contributed by atoms with Gasteiger partial charge in [0.15, 0.2) is 0 Å². The van der Waals surface area contributed by atoms with Crippen molar-refractivity contribution in [1.82, 2.24) is 14.8 Å². The number of aromatic nitrogens is 3. The van der Waals surface area contributed by atoms with Gasteiger partial charge in [-0.25, -0.2) is 4.39 Å². The summed E-state index contributed by atoms with van der Waals surface area (Å²) < 4.78 is 17.3. The number of pyridine rings is 1. The Hall–Kier alpha value is -4.57. The number of anilines is 2. The van der Waals surface area contributed by atoms with Gasteiger partial charge in [0.25, 0.3) is 0 Å². The number of benzene rings is 1. The van der Waals surface area contributed by atoms with Crippen molar-refractivity contribution in [2.75, 3.05) is 16.8 Å². The molecule has 0 spiro atoms. The number of nitrogens with zero attached hydrogens (tertiary/aromatic N) is 6. The Morgan fingerprint density at radius 2 is 2.03 bits per heavy atom. The largest absolute Gasteiger partial charge is 0.326 e. The molecular weight excluding hydrogens is 473 g/mol. The summed E-state index contributed by atoms with van der Waals surface area (Å²) in [5.41, 5.74) is 1.37. The molecule has 2 aliphatic rings.